The van der Waals surface area contributed by atoms with Crippen molar-refractivity contribution in [3.8, 4) is 0 Å². The molecule has 3 aliphatic carbocycles. The third-order valence-corrected chi connectivity index (χ3v) is 10.5. The highest BCUT2D eigenvalue weighted by Gasteiger charge is 2.64. The molecule has 0 radical (unpaired) electrons. The highest BCUT2D eigenvalue weighted by Crippen LogP contribution is 2.70. The van der Waals surface area contributed by atoms with Crippen LogP contribution in [0.5, 0.6) is 0 Å². The number of carbonyl (C=O) groups is 1. The zero-order valence-corrected chi connectivity index (χ0v) is 19.0. The Kier molecular flexibility index (Phi) is 5.13. The number of fused-ring (bicyclic) bond motifs is 5. The lowest BCUT2D eigenvalue weighted by Gasteiger charge is -2.68. The molecule has 0 aromatic rings. The zero-order valence-electron chi connectivity index (χ0n) is 19.0. The first-order valence-electron chi connectivity index (χ1n) is 12.2. The molecule has 31 heavy (non-hydrogen) atoms. The molecule has 10 unspecified atom stereocenters. The summed E-state index contributed by atoms with van der Waals surface area (Å²) in [6.07, 6.45) is 7.08. The molecule has 0 amide bonds. The summed E-state index contributed by atoms with van der Waals surface area (Å²) in [4.78, 5) is 11.7. The summed E-state index contributed by atoms with van der Waals surface area (Å²) in [5.74, 6) is 0.871. The number of hydrogen-bond acceptors (Lipinski definition) is 6. The van der Waals surface area contributed by atoms with Crippen molar-refractivity contribution in [3.05, 3.63) is 11.6 Å². The van der Waals surface area contributed by atoms with Gasteiger partial charge in [-0.3, -0.25) is 0 Å². The zero-order chi connectivity index (χ0) is 22.2. The first-order valence-corrected chi connectivity index (χ1v) is 12.2. The van der Waals surface area contributed by atoms with Crippen molar-refractivity contribution in [2.45, 2.75) is 90.8 Å². The van der Waals surface area contributed by atoms with Crippen LogP contribution < -0.4 is 0 Å². The van der Waals surface area contributed by atoms with Crippen LogP contribution in [0.25, 0.3) is 0 Å². The van der Waals surface area contributed by atoms with E-state index in [0.29, 0.717) is 23.8 Å². The van der Waals surface area contributed by atoms with E-state index >= 15 is 0 Å². The fourth-order valence-electron chi connectivity index (χ4n) is 9.06. The quantitative estimate of drug-likeness (QED) is 0.578. The highest BCUT2D eigenvalue weighted by molar-refractivity contribution is 5.85. The molecule has 0 spiro atoms. The van der Waals surface area contributed by atoms with Crippen LogP contribution in [0, 0.1) is 39.9 Å². The number of aliphatic hydroxyl groups is 3. The van der Waals surface area contributed by atoms with E-state index < -0.39 is 24.7 Å². The van der Waals surface area contributed by atoms with Crippen LogP contribution in [0.4, 0.5) is 0 Å². The van der Waals surface area contributed by atoms with Gasteiger partial charge < -0.3 is 24.8 Å². The third kappa shape index (κ3) is 3.08. The molecule has 6 nitrogen and oxygen atoms in total. The van der Waals surface area contributed by atoms with E-state index in [4.69, 9.17) is 9.47 Å². The topological polar surface area (TPSA) is 96.2 Å². The van der Waals surface area contributed by atoms with Crippen molar-refractivity contribution >= 4 is 5.97 Å². The van der Waals surface area contributed by atoms with E-state index in [-0.39, 0.29) is 34.7 Å². The molecule has 0 aromatic carbocycles. The van der Waals surface area contributed by atoms with Crippen molar-refractivity contribution in [3.63, 3.8) is 0 Å². The molecule has 10 atom stereocenters. The summed E-state index contributed by atoms with van der Waals surface area (Å²) >= 11 is 0. The fourth-order valence-corrected chi connectivity index (χ4v) is 9.06. The van der Waals surface area contributed by atoms with Crippen molar-refractivity contribution in [1.82, 2.24) is 0 Å². The smallest absolute Gasteiger partial charge is 0.333 e. The van der Waals surface area contributed by atoms with E-state index in [1.54, 1.807) is 0 Å². The Bertz CT molecular complexity index is 780. The molecule has 4 fully saturated rings. The molecular formula is C25H38O6. The first-order chi connectivity index (χ1) is 14.6. The van der Waals surface area contributed by atoms with Crippen molar-refractivity contribution in [1.29, 1.82) is 0 Å². The summed E-state index contributed by atoms with van der Waals surface area (Å²) < 4.78 is 10.8. The maximum absolute atomic E-state index is 11.7. The van der Waals surface area contributed by atoms with E-state index in [1.807, 2.05) is 0 Å². The Morgan fingerprint density at radius 2 is 1.81 bits per heavy atom. The number of hydrogen-bond donors (Lipinski definition) is 3. The second-order valence-corrected chi connectivity index (χ2v) is 11.9. The normalized spacial score (nSPS) is 54.3. The summed E-state index contributed by atoms with van der Waals surface area (Å²) in [6.45, 7) is 7.42. The second-order valence-electron chi connectivity index (χ2n) is 11.9. The van der Waals surface area contributed by atoms with Crippen LogP contribution in [0.1, 0.15) is 72.1 Å². The molecule has 0 aromatic heterocycles. The van der Waals surface area contributed by atoms with Gasteiger partial charge in [-0.1, -0.05) is 27.2 Å². The molecule has 5 aliphatic rings. The molecule has 3 N–H and O–H groups in total. The standard InChI is InChI=1S/C25H38O6/c1-23(13-26)8-4-9-25(3)18(23)7-10-24(2)16-12-17(15-11-20(27)31-22(15)29)30-21(28)14(16)5-6-19(24)25/h11,14,16-19,21-22,26,28-29H,4-10,12-13H2,1-3H3. The van der Waals surface area contributed by atoms with Gasteiger partial charge in [0.1, 0.15) is 0 Å². The van der Waals surface area contributed by atoms with Crippen molar-refractivity contribution < 1.29 is 29.6 Å². The highest BCUT2D eigenvalue weighted by atomic mass is 16.6. The number of carbonyl (C=O) groups excluding carboxylic acids is 1. The lowest BCUT2D eigenvalue weighted by Crippen LogP contribution is -2.62. The molecule has 3 saturated carbocycles. The maximum Gasteiger partial charge on any atom is 0.333 e. The van der Waals surface area contributed by atoms with Crippen LogP contribution in [-0.2, 0) is 14.3 Å². The van der Waals surface area contributed by atoms with Gasteiger partial charge >= 0.3 is 5.97 Å². The summed E-state index contributed by atoms with van der Waals surface area (Å²) in [7, 11) is 0. The number of aliphatic hydroxyl groups excluding tert-OH is 3. The van der Waals surface area contributed by atoms with Gasteiger partial charge in [0.15, 0.2) is 6.29 Å². The van der Waals surface area contributed by atoms with Gasteiger partial charge in [0.05, 0.1) is 6.10 Å². The number of ether oxygens (including phenoxy) is 2. The lowest BCUT2D eigenvalue weighted by molar-refractivity contribution is -0.264. The summed E-state index contributed by atoms with van der Waals surface area (Å²) in [5, 5.41) is 31.4. The number of esters is 1. The Balaban J connectivity index is 1.47. The van der Waals surface area contributed by atoms with Crippen LogP contribution in [0.3, 0.4) is 0 Å². The average Bonchev–Trinajstić information content (AvgIpc) is 3.06. The minimum atomic E-state index is -1.27. The van der Waals surface area contributed by atoms with E-state index in [2.05, 4.69) is 20.8 Å². The molecule has 2 aliphatic heterocycles. The Labute approximate surface area is 185 Å². The van der Waals surface area contributed by atoms with Crippen molar-refractivity contribution in [2.24, 2.45) is 39.9 Å². The average molecular weight is 435 g/mol. The predicted octanol–water partition coefficient (Wildman–Crippen LogP) is 3.14. The Morgan fingerprint density at radius 3 is 2.48 bits per heavy atom. The molecule has 1 saturated heterocycles. The van der Waals surface area contributed by atoms with Crippen LogP contribution in [-0.4, -0.2) is 46.6 Å². The summed E-state index contributed by atoms with van der Waals surface area (Å²) in [6, 6.07) is 0. The number of rotatable bonds is 2. The lowest BCUT2D eigenvalue weighted by atomic mass is 9.38. The SMILES string of the molecule is CC1(CO)CCCC2(C)C1CCC1(C)C3CC(C4=CC(=O)OC4O)OC(O)C3CCC12. The second kappa shape index (κ2) is 7.28. The van der Waals surface area contributed by atoms with Gasteiger partial charge in [-0.25, -0.2) is 4.79 Å². The van der Waals surface area contributed by atoms with Gasteiger partial charge in [-0.2, -0.15) is 0 Å². The largest absolute Gasteiger partial charge is 0.429 e. The van der Waals surface area contributed by atoms with Crippen LogP contribution >= 0.6 is 0 Å². The van der Waals surface area contributed by atoms with Crippen molar-refractivity contribution in [2.75, 3.05) is 6.61 Å². The minimum Gasteiger partial charge on any atom is -0.429 e. The molecule has 2 heterocycles. The van der Waals surface area contributed by atoms with Crippen LogP contribution in [0.15, 0.2) is 11.6 Å². The Morgan fingerprint density at radius 1 is 1.03 bits per heavy atom. The van der Waals surface area contributed by atoms with Gasteiger partial charge in [0, 0.05) is 24.2 Å². The molecule has 0 bridgehead atoms. The van der Waals surface area contributed by atoms with E-state index in [0.717, 1.165) is 38.5 Å². The Hall–Kier alpha value is -0.950. The molecule has 5 rings (SSSR count). The van der Waals surface area contributed by atoms with Gasteiger partial charge in [0.2, 0.25) is 6.29 Å². The van der Waals surface area contributed by atoms with Gasteiger partial charge in [0.25, 0.3) is 0 Å². The predicted molar refractivity (Wildman–Crippen MR) is 113 cm³/mol. The molecule has 174 valence electrons. The van der Waals surface area contributed by atoms with Gasteiger partial charge in [-0.15, -0.1) is 0 Å². The molecular weight excluding hydrogens is 396 g/mol. The monoisotopic (exact) mass is 434 g/mol. The van der Waals surface area contributed by atoms with E-state index in [1.165, 1.54) is 12.5 Å². The fraction of sp³-hybridized carbons (Fsp3) is 0.880. The maximum atomic E-state index is 11.7. The minimum absolute atomic E-state index is 0.000622. The first kappa shape index (κ1) is 21.9. The van der Waals surface area contributed by atoms with Crippen LogP contribution in [0.2, 0.25) is 0 Å². The summed E-state index contributed by atoms with van der Waals surface area (Å²) in [5.41, 5.74) is 0.704. The number of cyclic esters (lactones) is 1. The third-order valence-electron chi connectivity index (χ3n) is 10.5. The van der Waals surface area contributed by atoms with E-state index in [9.17, 15) is 20.1 Å². The van der Waals surface area contributed by atoms with Gasteiger partial charge in [-0.05, 0) is 78.9 Å². The molecule has 6 heteroatoms.